The molecule has 0 aliphatic carbocycles. The molecule has 0 fully saturated rings. The maximum Gasteiger partial charge on any atom is 0.361 e. The summed E-state index contributed by atoms with van der Waals surface area (Å²) in [4.78, 5) is 37.6. The van der Waals surface area contributed by atoms with Crippen LogP contribution in [0.25, 0.3) is 0 Å². The molecule has 0 aromatic carbocycles. The summed E-state index contributed by atoms with van der Waals surface area (Å²) in [7, 11) is 5.94. The van der Waals surface area contributed by atoms with E-state index in [0.717, 1.165) is 141 Å². The van der Waals surface area contributed by atoms with Crippen molar-refractivity contribution in [1.82, 2.24) is 0 Å². The van der Waals surface area contributed by atoms with Gasteiger partial charge in [-0.3, -0.25) is 9.59 Å². The zero-order valence-corrected chi connectivity index (χ0v) is 57.9. The number of hydrogen-bond acceptors (Lipinski definition) is 7. The molecule has 2 atom stereocenters. The van der Waals surface area contributed by atoms with Crippen LogP contribution in [0.1, 0.15) is 232 Å². The maximum atomic E-state index is 12.9. The standard InChI is InChI=1S/C82H127NO8/c1-6-8-10-12-14-16-18-20-22-24-26-28-30-32-34-36-37-38-39-40-41-42-43-45-46-48-50-52-54-56-58-60-62-64-66-68-70-72-79(84)89-76-78(77-90-82(81(86)87)88-75-74-83(3,4)5)91-80(85)73-71-69-67-65-63-61-59-57-55-53-51-49-47-44-35-33-31-29-27-25-23-21-19-17-15-13-11-9-7-2/h8-11,14-17,20-23,26-29,32-35,37-38,40-41,43,45,47,49,53,55,59,61,65,67,78,82H,6-7,12-13,18-19,24-25,30-31,36,39,42,44,46,48,50-52,54,56-58,60,62-64,66,68-77H2,1-5H3/p+1/b10-8-,11-9-,16-14-,17-15-,22-20-,23-21-,28-26-,29-27-,34-32-,35-33-,38-37-,41-40-,45-43-,49-47-,55-53-,61-59-,67-65-. The molecule has 1 N–H and O–H groups in total. The summed E-state index contributed by atoms with van der Waals surface area (Å²) < 4.78 is 22.9. The summed E-state index contributed by atoms with van der Waals surface area (Å²) in [6.45, 7) is 4.55. The predicted molar refractivity (Wildman–Crippen MR) is 391 cm³/mol. The number of carbonyl (C=O) groups is 3. The third-order valence-electron chi connectivity index (χ3n) is 14.0. The Balaban J connectivity index is 4.26. The molecule has 0 radical (unpaired) electrons. The van der Waals surface area contributed by atoms with Crippen LogP contribution in [0, 0.1) is 0 Å². The molecule has 0 aliphatic rings. The predicted octanol–water partition coefficient (Wildman–Crippen LogP) is 22.4. The van der Waals surface area contributed by atoms with Gasteiger partial charge in [-0.25, -0.2) is 4.79 Å². The van der Waals surface area contributed by atoms with E-state index < -0.39 is 24.3 Å². The highest BCUT2D eigenvalue weighted by molar-refractivity contribution is 5.71. The van der Waals surface area contributed by atoms with Gasteiger partial charge in [-0.2, -0.15) is 0 Å². The fourth-order valence-electron chi connectivity index (χ4n) is 8.74. The lowest BCUT2D eigenvalue weighted by Crippen LogP contribution is -2.40. The third kappa shape index (κ3) is 71.2. The van der Waals surface area contributed by atoms with Crippen molar-refractivity contribution >= 4 is 17.9 Å². The molecule has 0 amide bonds. The van der Waals surface area contributed by atoms with E-state index in [-0.39, 0.29) is 38.6 Å². The fraction of sp³-hybridized carbons (Fsp3) is 0.549. The van der Waals surface area contributed by atoms with Gasteiger partial charge in [0.25, 0.3) is 6.29 Å². The first-order valence-electron chi connectivity index (χ1n) is 35.2. The Bertz CT molecular complexity index is 2250. The number of likely N-dealkylation sites (N-methyl/N-ethyl adjacent to an activating group) is 1. The zero-order valence-electron chi connectivity index (χ0n) is 57.9. The van der Waals surface area contributed by atoms with E-state index in [2.05, 4.69) is 220 Å². The highest BCUT2D eigenvalue weighted by atomic mass is 16.7. The minimum atomic E-state index is -1.54. The van der Waals surface area contributed by atoms with Crippen molar-refractivity contribution in [1.29, 1.82) is 0 Å². The summed E-state index contributed by atoms with van der Waals surface area (Å²) in [6.07, 6.45) is 107. The number of quaternary nitrogens is 1. The topological polar surface area (TPSA) is 108 Å². The molecule has 9 heteroatoms. The van der Waals surface area contributed by atoms with Crippen LogP contribution in [-0.4, -0.2) is 87.4 Å². The number of carboxylic acids is 1. The van der Waals surface area contributed by atoms with E-state index in [1.807, 2.05) is 21.1 Å². The number of aliphatic carboxylic acids is 1. The summed E-state index contributed by atoms with van der Waals surface area (Å²) in [5.74, 6) is -2.11. The van der Waals surface area contributed by atoms with Crippen molar-refractivity contribution < 1.29 is 42.9 Å². The number of rotatable bonds is 62. The van der Waals surface area contributed by atoms with Gasteiger partial charge in [0, 0.05) is 12.8 Å². The van der Waals surface area contributed by atoms with Gasteiger partial charge in [0.1, 0.15) is 13.2 Å². The second-order valence-electron chi connectivity index (χ2n) is 23.7. The van der Waals surface area contributed by atoms with E-state index in [0.29, 0.717) is 23.9 Å². The third-order valence-corrected chi connectivity index (χ3v) is 14.0. The van der Waals surface area contributed by atoms with Crippen LogP contribution in [0.3, 0.4) is 0 Å². The van der Waals surface area contributed by atoms with Gasteiger partial charge in [0.15, 0.2) is 6.10 Å². The van der Waals surface area contributed by atoms with E-state index in [4.69, 9.17) is 18.9 Å². The van der Waals surface area contributed by atoms with E-state index in [1.54, 1.807) is 0 Å². The van der Waals surface area contributed by atoms with E-state index >= 15 is 0 Å². The molecule has 0 aliphatic heterocycles. The number of allylic oxidation sites excluding steroid dienone is 34. The Morgan fingerprint density at radius 2 is 0.604 bits per heavy atom. The van der Waals surface area contributed by atoms with Crippen molar-refractivity contribution in [2.24, 2.45) is 0 Å². The molecule has 0 aromatic rings. The molecule has 0 saturated heterocycles. The second kappa shape index (κ2) is 69.8. The largest absolute Gasteiger partial charge is 0.477 e. The van der Waals surface area contributed by atoms with Crippen LogP contribution >= 0.6 is 0 Å². The number of carbonyl (C=O) groups excluding carboxylic acids is 2. The van der Waals surface area contributed by atoms with Gasteiger partial charge in [0.2, 0.25) is 0 Å². The normalized spacial score (nSPS) is 14.0. The average molecular weight is 1260 g/mol. The Morgan fingerprint density at radius 3 is 0.912 bits per heavy atom. The van der Waals surface area contributed by atoms with Gasteiger partial charge in [-0.05, 0) is 141 Å². The minimum Gasteiger partial charge on any atom is -0.477 e. The van der Waals surface area contributed by atoms with E-state index in [9.17, 15) is 19.5 Å². The Hall–Kier alpha value is -6.13. The molecular weight excluding hydrogens is 1130 g/mol. The van der Waals surface area contributed by atoms with Gasteiger partial charge in [0.05, 0.1) is 34.4 Å². The van der Waals surface area contributed by atoms with Crippen LogP contribution < -0.4 is 0 Å². The van der Waals surface area contributed by atoms with Crippen LogP contribution in [0.4, 0.5) is 0 Å². The monoisotopic (exact) mass is 1250 g/mol. The molecule has 91 heavy (non-hydrogen) atoms. The number of nitrogens with zero attached hydrogens (tertiary/aromatic N) is 1. The first kappa shape index (κ1) is 84.9. The van der Waals surface area contributed by atoms with E-state index in [1.165, 1.54) is 51.4 Å². The van der Waals surface area contributed by atoms with Gasteiger partial charge >= 0.3 is 17.9 Å². The van der Waals surface area contributed by atoms with Crippen LogP contribution in [0.5, 0.6) is 0 Å². The molecule has 0 spiro atoms. The number of carboxylic acid groups (broad SMARTS) is 1. The number of ether oxygens (including phenoxy) is 4. The maximum absolute atomic E-state index is 12.9. The Morgan fingerprint density at radius 1 is 0.330 bits per heavy atom. The SMILES string of the molecule is CC/C=C\C/C=C\C/C=C\C/C=C\C/C=C\C/C=C\C/C=C\C/C=C\C/C=C\CCCC(=O)OC(COC(=O)CCCCCCCCCCCCCC/C=C\C/C=C\C/C=C\C/C=C\C/C=C\C/C=C\C/C=C\C/C=C\CC)COC(OCC[N+](C)(C)C)C(=O)O. The van der Waals surface area contributed by atoms with Crippen molar-refractivity contribution in [3.05, 3.63) is 207 Å². The van der Waals surface area contributed by atoms with Crippen molar-refractivity contribution in [3.63, 3.8) is 0 Å². The van der Waals surface area contributed by atoms with Crippen LogP contribution in [-0.2, 0) is 33.3 Å². The average Bonchev–Trinajstić information content (AvgIpc) is 3.66. The molecule has 9 nitrogen and oxygen atoms in total. The van der Waals surface area contributed by atoms with Crippen LogP contribution in [0.2, 0.25) is 0 Å². The van der Waals surface area contributed by atoms with Crippen LogP contribution in [0.15, 0.2) is 207 Å². The fourth-order valence-corrected chi connectivity index (χ4v) is 8.74. The molecular formula is C82H128NO8+. The van der Waals surface area contributed by atoms with Gasteiger partial charge in [-0.15, -0.1) is 0 Å². The summed E-state index contributed by atoms with van der Waals surface area (Å²) in [5, 5.41) is 9.74. The molecule has 0 bridgehead atoms. The lowest BCUT2D eigenvalue weighted by Gasteiger charge is -2.25. The highest BCUT2D eigenvalue weighted by Crippen LogP contribution is 2.15. The molecule has 0 saturated carbocycles. The van der Waals surface area contributed by atoms with Crippen molar-refractivity contribution in [2.45, 2.75) is 245 Å². The van der Waals surface area contributed by atoms with Crippen molar-refractivity contribution in [2.75, 3.05) is 47.5 Å². The minimum absolute atomic E-state index is 0.165. The quantitative estimate of drug-likeness (QED) is 0.0211. The lowest BCUT2D eigenvalue weighted by atomic mass is 10.0. The molecule has 0 heterocycles. The first-order chi connectivity index (χ1) is 44.6. The van der Waals surface area contributed by atoms with Gasteiger partial charge in [-0.1, -0.05) is 285 Å². The lowest BCUT2D eigenvalue weighted by molar-refractivity contribution is -0.870. The molecule has 0 aromatic heterocycles. The Labute approximate surface area is 556 Å². The summed E-state index contributed by atoms with van der Waals surface area (Å²) in [5.41, 5.74) is 0. The van der Waals surface area contributed by atoms with Gasteiger partial charge < -0.3 is 28.5 Å². The first-order valence-corrected chi connectivity index (χ1v) is 35.2. The number of esters is 2. The number of unbranched alkanes of at least 4 members (excludes halogenated alkanes) is 13. The highest BCUT2D eigenvalue weighted by Gasteiger charge is 2.25. The van der Waals surface area contributed by atoms with Crippen molar-refractivity contribution in [3.8, 4) is 0 Å². The molecule has 508 valence electrons. The zero-order chi connectivity index (χ0) is 66.1. The smallest absolute Gasteiger partial charge is 0.361 e. The summed E-state index contributed by atoms with van der Waals surface area (Å²) >= 11 is 0. The summed E-state index contributed by atoms with van der Waals surface area (Å²) in [6, 6.07) is 0. The number of hydrogen-bond donors (Lipinski definition) is 1. The molecule has 2 unspecified atom stereocenters. The Kier molecular flexibility index (Phi) is 65.1. The molecule has 0 rings (SSSR count). The second-order valence-corrected chi connectivity index (χ2v) is 23.7.